The molecule has 7 heteroatoms. The van der Waals surface area contributed by atoms with Crippen LogP contribution in [0.2, 0.25) is 0 Å². The average molecular weight is 400 g/mol. The van der Waals surface area contributed by atoms with Crippen LogP contribution in [0.3, 0.4) is 0 Å². The second-order valence-corrected chi connectivity index (χ2v) is 7.25. The fraction of sp³-hybridized carbons (Fsp3) is 0.600. The standard InChI is InChI=1S/C20H30FN3O2.ClH/c1-2-24(19(26)12-20(15-22)10-4-3-5-11-20)14-18(25)23-13-16-6-8-17(21)9-7-16;/h6-9H,2-5,10-15,22H2,1H3,(H,23,25);1H. The number of carbonyl (C=O) groups excluding carboxylic acids is 2. The molecule has 0 heterocycles. The van der Waals surface area contributed by atoms with Crippen LogP contribution in [0.25, 0.3) is 0 Å². The number of hydrogen-bond donors (Lipinski definition) is 2. The molecule has 27 heavy (non-hydrogen) atoms. The number of nitrogens with one attached hydrogen (secondary N) is 1. The summed E-state index contributed by atoms with van der Waals surface area (Å²) in [7, 11) is 0. The summed E-state index contributed by atoms with van der Waals surface area (Å²) >= 11 is 0. The Bertz CT molecular complexity index is 604. The number of nitrogens with zero attached hydrogens (tertiary/aromatic N) is 1. The summed E-state index contributed by atoms with van der Waals surface area (Å²) in [6.45, 7) is 3.24. The van der Waals surface area contributed by atoms with Crippen molar-refractivity contribution in [3.05, 3.63) is 35.6 Å². The molecule has 3 N–H and O–H groups in total. The number of halogens is 2. The molecule has 1 aliphatic carbocycles. The fourth-order valence-electron chi connectivity index (χ4n) is 3.60. The lowest BCUT2D eigenvalue weighted by Crippen LogP contribution is -2.44. The quantitative estimate of drug-likeness (QED) is 0.705. The number of rotatable bonds is 8. The third kappa shape index (κ3) is 7.11. The number of likely N-dealkylation sites (N-methyl/N-ethyl adjacent to an activating group) is 1. The molecule has 0 radical (unpaired) electrons. The molecule has 2 rings (SSSR count). The Labute approximate surface area is 167 Å². The first-order chi connectivity index (χ1) is 12.5. The van der Waals surface area contributed by atoms with E-state index in [0.717, 1.165) is 31.2 Å². The lowest BCUT2D eigenvalue weighted by atomic mass is 9.71. The molecule has 0 bridgehead atoms. The van der Waals surface area contributed by atoms with Gasteiger partial charge in [-0.15, -0.1) is 12.4 Å². The van der Waals surface area contributed by atoms with E-state index in [2.05, 4.69) is 5.32 Å². The fourth-order valence-corrected chi connectivity index (χ4v) is 3.60. The van der Waals surface area contributed by atoms with Crippen LogP contribution >= 0.6 is 12.4 Å². The van der Waals surface area contributed by atoms with Crippen LogP contribution in [-0.4, -0.2) is 36.3 Å². The van der Waals surface area contributed by atoms with Crippen molar-refractivity contribution in [3.63, 3.8) is 0 Å². The molecule has 1 fully saturated rings. The predicted molar refractivity (Wildman–Crippen MR) is 107 cm³/mol. The zero-order valence-electron chi connectivity index (χ0n) is 16.0. The van der Waals surface area contributed by atoms with Crippen molar-refractivity contribution in [3.8, 4) is 0 Å². The Morgan fingerprint density at radius 3 is 2.37 bits per heavy atom. The van der Waals surface area contributed by atoms with Gasteiger partial charge in [-0.05, 0) is 49.4 Å². The van der Waals surface area contributed by atoms with Crippen molar-refractivity contribution in [2.45, 2.75) is 52.0 Å². The van der Waals surface area contributed by atoms with Gasteiger partial charge in [-0.1, -0.05) is 31.4 Å². The van der Waals surface area contributed by atoms with Gasteiger partial charge in [-0.25, -0.2) is 4.39 Å². The summed E-state index contributed by atoms with van der Waals surface area (Å²) in [6, 6.07) is 5.98. The Morgan fingerprint density at radius 2 is 1.81 bits per heavy atom. The van der Waals surface area contributed by atoms with Gasteiger partial charge in [0, 0.05) is 19.5 Å². The topological polar surface area (TPSA) is 75.4 Å². The molecule has 1 saturated carbocycles. The highest BCUT2D eigenvalue weighted by atomic mass is 35.5. The van der Waals surface area contributed by atoms with E-state index in [-0.39, 0.29) is 42.0 Å². The van der Waals surface area contributed by atoms with E-state index in [1.54, 1.807) is 17.0 Å². The Balaban J connectivity index is 0.00000364. The highest BCUT2D eigenvalue weighted by molar-refractivity contribution is 5.85. The van der Waals surface area contributed by atoms with Crippen LogP contribution in [-0.2, 0) is 16.1 Å². The normalized spacial score (nSPS) is 15.5. The van der Waals surface area contributed by atoms with E-state index in [0.29, 0.717) is 26.1 Å². The molecule has 1 aliphatic rings. The largest absolute Gasteiger partial charge is 0.350 e. The van der Waals surface area contributed by atoms with Crippen molar-refractivity contribution in [2.24, 2.45) is 11.1 Å². The maximum atomic E-state index is 12.9. The predicted octanol–water partition coefficient (Wildman–Crippen LogP) is 3.01. The van der Waals surface area contributed by atoms with Gasteiger partial charge in [0.15, 0.2) is 0 Å². The lowest BCUT2D eigenvalue weighted by Gasteiger charge is -2.37. The summed E-state index contributed by atoms with van der Waals surface area (Å²) in [4.78, 5) is 26.5. The lowest BCUT2D eigenvalue weighted by molar-refractivity contribution is -0.138. The molecule has 0 aromatic heterocycles. The molecule has 152 valence electrons. The van der Waals surface area contributed by atoms with Crippen LogP contribution in [0.15, 0.2) is 24.3 Å². The molecule has 0 aliphatic heterocycles. The molecule has 2 amide bonds. The SMILES string of the molecule is CCN(CC(=O)NCc1ccc(F)cc1)C(=O)CC1(CN)CCCCC1.Cl. The molecule has 1 aromatic rings. The van der Waals surface area contributed by atoms with E-state index >= 15 is 0 Å². The van der Waals surface area contributed by atoms with Crippen molar-refractivity contribution in [2.75, 3.05) is 19.6 Å². The minimum Gasteiger partial charge on any atom is -0.350 e. The highest BCUT2D eigenvalue weighted by Crippen LogP contribution is 2.38. The number of nitrogens with two attached hydrogens (primary N) is 1. The first kappa shape index (κ1) is 23.4. The van der Waals surface area contributed by atoms with Crippen molar-refractivity contribution in [1.29, 1.82) is 0 Å². The van der Waals surface area contributed by atoms with E-state index in [1.807, 2.05) is 6.92 Å². The highest BCUT2D eigenvalue weighted by Gasteiger charge is 2.34. The van der Waals surface area contributed by atoms with Crippen molar-refractivity contribution < 1.29 is 14.0 Å². The van der Waals surface area contributed by atoms with Gasteiger partial charge >= 0.3 is 0 Å². The summed E-state index contributed by atoms with van der Waals surface area (Å²) in [5.74, 6) is -0.522. The zero-order chi connectivity index (χ0) is 19.0. The summed E-state index contributed by atoms with van der Waals surface area (Å²) in [5.41, 5.74) is 6.69. The van der Waals surface area contributed by atoms with Gasteiger partial charge in [-0.3, -0.25) is 9.59 Å². The van der Waals surface area contributed by atoms with E-state index < -0.39 is 0 Å². The van der Waals surface area contributed by atoms with Gasteiger partial charge in [-0.2, -0.15) is 0 Å². The summed E-state index contributed by atoms with van der Waals surface area (Å²) in [6.07, 6.45) is 5.85. The minimum absolute atomic E-state index is 0. The molecule has 0 unspecified atom stereocenters. The summed E-state index contributed by atoms with van der Waals surface area (Å²) < 4.78 is 12.9. The molecular formula is C20H31ClFN3O2. The van der Waals surface area contributed by atoms with Crippen LogP contribution in [0.1, 0.15) is 51.0 Å². The third-order valence-electron chi connectivity index (χ3n) is 5.35. The third-order valence-corrected chi connectivity index (χ3v) is 5.35. The second kappa shape index (κ2) is 11.2. The summed E-state index contributed by atoms with van der Waals surface area (Å²) in [5, 5.41) is 2.79. The number of carbonyl (C=O) groups is 2. The van der Waals surface area contributed by atoms with Crippen LogP contribution in [0.5, 0.6) is 0 Å². The van der Waals surface area contributed by atoms with E-state index in [9.17, 15) is 14.0 Å². The molecule has 0 atom stereocenters. The Hall–Kier alpha value is -1.66. The molecule has 5 nitrogen and oxygen atoms in total. The zero-order valence-corrected chi connectivity index (χ0v) is 16.8. The van der Waals surface area contributed by atoms with Gasteiger partial charge in [0.1, 0.15) is 5.82 Å². The van der Waals surface area contributed by atoms with E-state index in [4.69, 9.17) is 5.73 Å². The molecular weight excluding hydrogens is 369 g/mol. The maximum absolute atomic E-state index is 12.9. The molecule has 0 spiro atoms. The smallest absolute Gasteiger partial charge is 0.239 e. The molecule has 0 saturated heterocycles. The van der Waals surface area contributed by atoms with Crippen molar-refractivity contribution in [1.82, 2.24) is 10.2 Å². The Morgan fingerprint density at radius 1 is 1.19 bits per heavy atom. The van der Waals surface area contributed by atoms with Gasteiger partial charge in [0.05, 0.1) is 6.54 Å². The monoisotopic (exact) mass is 399 g/mol. The number of hydrogen-bond acceptors (Lipinski definition) is 3. The number of benzene rings is 1. The molecule has 1 aromatic carbocycles. The van der Waals surface area contributed by atoms with Crippen LogP contribution in [0, 0.1) is 11.2 Å². The second-order valence-electron chi connectivity index (χ2n) is 7.25. The van der Waals surface area contributed by atoms with Crippen LogP contribution in [0.4, 0.5) is 4.39 Å². The first-order valence-electron chi connectivity index (χ1n) is 9.47. The Kier molecular flexibility index (Phi) is 9.74. The average Bonchev–Trinajstić information content (AvgIpc) is 2.66. The number of amides is 2. The van der Waals surface area contributed by atoms with Gasteiger partial charge in [0.2, 0.25) is 11.8 Å². The maximum Gasteiger partial charge on any atom is 0.239 e. The van der Waals surface area contributed by atoms with Gasteiger partial charge in [0.25, 0.3) is 0 Å². The van der Waals surface area contributed by atoms with Crippen LogP contribution < -0.4 is 11.1 Å². The van der Waals surface area contributed by atoms with Gasteiger partial charge < -0.3 is 16.0 Å². The van der Waals surface area contributed by atoms with Crippen molar-refractivity contribution >= 4 is 24.2 Å². The first-order valence-corrected chi connectivity index (χ1v) is 9.47. The minimum atomic E-state index is -0.306. The van der Waals surface area contributed by atoms with E-state index in [1.165, 1.54) is 18.6 Å².